The van der Waals surface area contributed by atoms with Crippen molar-refractivity contribution in [1.82, 2.24) is 4.90 Å². The zero-order valence-corrected chi connectivity index (χ0v) is 16.8. The summed E-state index contributed by atoms with van der Waals surface area (Å²) in [5.74, 6) is -0.789. The predicted molar refractivity (Wildman–Crippen MR) is 113 cm³/mol. The molecular weight excluding hydrogens is 368 g/mol. The summed E-state index contributed by atoms with van der Waals surface area (Å²) < 4.78 is 5.61. The van der Waals surface area contributed by atoms with Crippen molar-refractivity contribution < 1.29 is 19.4 Å². The largest absolute Gasteiger partial charge is 0.481 e. The molecule has 2 aromatic carbocycles. The van der Waals surface area contributed by atoms with Crippen LogP contribution in [0.3, 0.4) is 0 Å². The molecule has 1 fully saturated rings. The number of aryl methyl sites for hydroxylation is 1. The van der Waals surface area contributed by atoms with E-state index in [0.29, 0.717) is 18.5 Å². The first-order valence-corrected chi connectivity index (χ1v) is 10.1. The van der Waals surface area contributed by atoms with Crippen molar-refractivity contribution in [1.29, 1.82) is 0 Å². The van der Waals surface area contributed by atoms with Crippen LogP contribution in [-0.4, -0.2) is 48.3 Å². The minimum absolute atomic E-state index is 0.0540. The molecule has 0 unspecified atom stereocenters. The second-order valence-electron chi connectivity index (χ2n) is 7.53. The standard InChI is InChI=1S/C23H28N2O4/c1-25-14-12-19(13-15-25)29-23(28)24-21-11-10-17(6-5-9-22(26)27)16-20(21)18-7-3-2-4-8-18/h2-4,7-8,10-11,16,19H,5-6,9,12-15H2,1H3,(H,24,28)(H,26,27). The first-order chi connectivity index (χ1) is 14.0. The Labute approximate surface area is 171 Å². The lowest BCUT2D eigenvalue weighted by atomic mass is 9.98. The number of nitrogens with zero attached hydrogens (tertiary/aromatic N) is 1. The molecule has 0 saturated carbocycles. The monoisotopic (exact) mass is 396 g/mol. The van der Waals surface area contributed by atoms with Crippen molar-refractivity contribution in [2.45, 2.75) is 38.2 Å². The number of piperidine rings is 1. The van der Waals surface area contributed by atoms with Gasteiger partial charge in [0.25, 0.3) is 0 Å². The number of ether oxygens (including phenoxy) is 1. The normalized spacial score (nSPS) is 15.1. The minimum atomic E-state index is -0.789. The maximum Gasteiger partial charge on any atom is 0.411 e. The molecular formula is C23H28N2O4. The summed E-state index contributed by atoms with van der Waals surface area (Å²) in [5, 5.41) is 11.8. The fraction of sp³-hybridized carbons (Fsp3) is 0.391. The van der Waals surface area contributed by atoms with E-state index >= 15 is 0 Å². The number of hydrogen-bond donors (Lipinski definition) is 2. The zero-order valence-electron chi connectivity index (χ0n) is 16.8. The van der Waals surface area contributed by atoms with Crippen LogP contribution in [0.25, 0.3) is 11.1 Å². The third kappa shape index (κ3) is 6.32. The highest BCUT2D eigenvalue weighted by molar-refractivity contribution is 5.91. The Kier molecular flexibility index (Phi) is 7.25. The minimum Gasteiger partial charge on any atom is -0.481 e. The van der Waals surface area contributed by atoms with Gasteiger partial charge in [0, 0.05) is 25.1 Å². The quantitative estimate of drug-likeness (QED) is 0.725. The van der Waals surface area contributed by atoms with Crippen LogP contribution in [0, 0.1) is 0 Å². The Balaban J connectivity index is 1.72. The van der Waals surface area contributed by atoms with Crippen LogP contribution in [-0.2, 0) is 16.0 Å². The van der Waals surface area contributed by atoms with Crippen molar-refractivity contribution in [3.05, 3.63) is 54.1 Å². The predicted octanol–water partition coefficient (Wildman–Crippen LogP) is 4.40. The van der Waals surface area contributed by atoms with Crippen LogP contribution in [0.5, 0.6) is 0 Å². The SMILES string of the molecule is CN1CCC(OC(=O)Nc2ccc(CCCC(=O)O)cc2-c2ccccc2)CC1. The number of aliphatic carboxylic acids is 1. The molecule has 1 aliphatic heterocycles. The van der Waals surface area contributed by atoms with Crippen LogP contribution in [0.2, 0.25) is 0 Å². The second kappa shape index (κ2) is 10.1. The molecule has 0 radical (unpaired) electrons. The molecule has 0 aliphatic carbocycles. The van der Waals surface area contributed by atoms with E-state index < -0.39 is 12.1 Å². The summed E-state index contributed by atoms with van der Waals surface area (Å²) in [5.41, 5.74) is 3.62. The number of likely N-dealkylation sites (tertiary alicyclic amines) is 1. The molecule has 2 aromatic rings. The number of amides is 1. The summed E-state index contributed by atoms with van der Waals surface area (Å²) >= 11 is 0. The van der Waals surface area contributed by atoms with Crippen molar-refractivity contribution in [2.75, 3.05) is 25.5 Å². The van der Waals surface area contributed by atoms with Gasteiger partial charge in [0.15, 0.2) is 0 Å². The van der Waals surface area contributed by atoms with Gasteiger partial charge in [-0.2, -0.15) is 0 Å². The average molecular weight is 396 g/mol. The summed E-state index contributed by atoms with van der Waals surface area (Å²) in [4.78, 5) is 25.5. The van der Waals surface area contributed by atoms with Gasteiger partial charge in [-0.25, -0.2) is 4.79 Å². The van der Waals surface area contributed by atoms with Gasteiger partial charge in [0.2, 0.25) is 0 Å². The first kappa shape index (κ1) is 20.9. The van der Waals surface area contributed by atoms with Crippen molar-refractivity contribution in [3.63, 3.8) is 0 Å². The summed E-state index contributed by atoms with van der Waals surface area (Å²) in [7, 11) is 2.07. The Bertz CT molecular complexity index is 830. The van der Waals surface area contributed by atoms with E-state index in [1.807, 2.05) is 48.5 Å². The Morgan fingerprint density at radius 2 is 1.86 bits per heavy atom. The fourth-order valence-corrected chi connectivity index (χ4v) is 3.55. The van der Waals surface area contributed by atoms with Crippen LogP contribution >= 0.6 is 0 Å². The van der Waals surface area contributed by atoms with Crippen LogP contribution in [0.1, 0.15) is 31.2 Å². The first-order valence-electron chi connectivity index (χ1n) is 10.1. The molecule has 0 aromatic heterocycles. The molecule has 1 saturated heterocycles. The van der Waals surface area contributed by atoms with Gasteiger partial charge < -0.3 is 14.7 Å². The number of carbonyl (C=O) groups excluding carboxylic acids is 1. The highest BCUT2D eigenvalue weighted by atomic mass is 16.6. The number of hydrogen-bond acceptors (Lipinski definition) is 4. The molecule has 6 nitrogen and oxygen atoms in total. The number of nitrogens with one attached hydrogen (secondary N) is 1. The molecule has 1 amide bonds. The lowest BCUT2D eigenvalue weighted by molar-refractivity contribution is -0.137. The van der Waals surface area contributed by atoms with Gasteiger partial charge in [-0.05, 0) is 56.0 Å². The number of carboxylic acids is 1. The van der Waals surface area contributed by atoms with Gasteiger partial charge in [0.05, 0.1) is 5.69 Å². The Hall–Kier alpha value is -2.86. The number of rotatable bonds is 7. The molecule has 29 heavy (non-hydrogen) atoms. The van der Waals surface area contributed by atoms with Gasteiger partial charge in [-0.1, -0.05) is 36.4 Å². The fourth-order valence-electron chi connectivity index (χ4n) is 3.55. The van der Waals surface area contributed by atoms with E-state index in [1.165, 1.54) is 0 Å². The molecule has 0 atom stereocenters. The van der Waals surface area contributed by atoms with Crippen LogP contribution in [0.4, 0.5) is 10.5 Å². The summed E-state index contributed by atoms with van der Waals surface area (Å²) in [6.07, 6.45) is 2.59. The van der Waals surface area contributed by atoms with E-state index in [0.717, 1.165) is 42.6 Å². The lowest BCUT2D eigenvalue weighted by Gasteiger charge is -2.28. The summed E-state index contributed by atoms with van der Waals surface area (Å²) in [6, 6.07) is 15.6. The van der Waals surface area contributed by atoms with E-state index in [9.17, 15) is 9.59 Å². The lowest BCUT2D eigenvalue weighted by Crippen LogP contribution is -2.36. The van der Waals surface area contributed by atoms with Crippen molar-refractivity contribution in [3.8, 4) is 11.1 Å². The van der Waals surface area contributed by atoms with E-state index in [4.69, 9.17) is 9.84 Å². The van der Waals surface area contributed by atoms with E-state index in [2.05, 4.69) is 17.3 Å². The molecule has 3 rings (SSSR count). The Morgan fingerprint density at radius 3 is 2.55 bits per heavy atom. The molecule has 1 heterocycles. The van der Waals surface area contributed by atoms with E-state index in [-0.39, 0.29) is 12.5 Å². The van der Waals surface area contributed by atoms with Gasteiger partial charge in [-0.3, -0.25) is 10.1 Å². The molecule has 0 bridgehead atoms. The van der Waals surface area contributed by atoms with Gasteiger partial charge in [-0.15, -0.1) is 0 Å². The highest BCUT2D eigenvalue weighted by Gasteiger charge is 2.21. The number of carboxylic acid groups (broad SMARTS) is 1. The van der Waals surface area contributed by atoms with Crippen molar-refractivity contribution >= 4 is 17.7 Å². The van der Waals surface area contributed by atoms with Gasteiger partial charge >= 0.3 is 12.1 Å². The molecule has 0 spiro atoms. The van der Waals surface area contributed by atoms with Gasteiger partial charge in [0.1, 0.15) is 6.10 Å². The smallest absolute Gasteiger partial charge is 0.411 e. The Morgan fingerprint density at radius 1 is 1.14 bits per heavy atom. The van der Waals surface area contributed by atoms with Crippen molar-refractivity contribution in [2.24, 2.45) is 0 Å². The maximum absolute atomic E-state index is 12.5. The van der Waals surface area contributed by atoms with Crippen LogP contribution < -0.4 is 5.32 Å². The number of anilines is 1. The maximum atomic E-state index is 12.5. The molecule has 1 aliphatic rings. The highest BCUT2D eigenvalue weighted by Crippen LogP contribution is 2.30. The number of carbonyl (C=O) groups is 2. The molecule has 6 heteroatoms. The third-order valence-electron chi connectivity index (χ3n) is 5.20. The molecule has 154 valence electrons. The number of benzene rings is 2. The third-order valence-corrected chi connectivity index (χ3v) is 5.20. The zero-order chi connectivity index (χ0) is 20.6. The summed E-state index contributed by atoms with van der Waals surface area (Å²) in [6.45, 7) is 1.86. The molecule has 2 N–H and O–H groups in total. The average Bonchev–Trinajstić information content (AvgIpc) is 2.71. The second-order valence-corrected chi connectivity index (χ2v) is 7.53. The van der Waals surface area contributed by atoms with E-state index in [1.54, 1.807) is 0 Å². The van der Waals surface area contributed by atoms with Crippen LogP contribution in [0.15, 0.2) is 48.5 Å². The topological polar surface area (TPSA) is 78.9 Å².